The number of esters is 1. The molecule has 1 N–H and O–H groups in total. The Balaban J connectivity index is 2.56. The van der Waals surface area contributed by atoms with E-state index in [-0.39, 0.29) is 11.6 Å². The zero-order chi connectivity index (χ0) is 11.5. The Morgan fingerprint density at radius 2 is 2.00 bits per heavy atom. The average Bonchev–Trinajstić information content (AvgIpc) is 2.18. The molecule has 0 aromatic heterocycles. The van der Waals surface area contributed by atoms with Crippen LogP contribution in [0.4, 0.5) is 0 Å². The molecule has 0 bridgehead atoms. The van der Waals surface area contributed by atoms with Crippen LogP contribution in [-0.4, -0.2) is 24.7 Å². The van der Waals surface area contributed by atoms with Crippen LogP contribution >= 0.6 is 22.6 Å². The van der Waals surface area contributed by atoms with E-state index in [1.165, 1.54) is 0 Å². The fraction of sp³-hybridized carbons (Fsp3) is 0.727. The molecule has 4 heteroatoms. The second-order valence-corrected chi connectivity index (χ2v) is 5.72. The van der Waals surface area contributed by atoms with Crippen molar-refractivity contribution in [1.82, 2.24) is 5.32 Å². The molecular formula is C11H18INO2. The third-order valence-electron chi connectivity index (χ3n) is 2.90. The topological polar surface area (TPSA) is 38.3 Å². The van der Waals surface area contributed by atoms with Gasteiger partial charge in [-0.15, -0.1) is 0 Å². The minimum atomic E-state index is -0.382. The Hall–Kier alpha value is -0.100. The van der Waals surface area contributed by atoms with Crippen LogP contribution in [0.25, 0.3) is 0 Å². The van der Waals surface area contributed by atoms with E-state index in [4.69, 9.17) is 4.74 Å². The number of ether oxygens (including phenoxy) is 1. The molecule has 1 heterocycles. The Labute approximate surface area is 105 Å². The predicted octanol–water partition coefficient (Wildman–Crippen LogP) is 2.26. The van der Waals surface area contributed by atoms with Crippen molar-refractivity contribution < 1.29 is 9.53 Å². The van der Waals surface area contributed by atoms with Crippen molar-refractivity contribution >= 4 is 28.6 Å². The van der Waals surface area contributed by atoms with Gasteiger partial charge >= 0.3 is 5.97 Å². The summed E-state index contributed by atoms with van der Waals surface area (Å²) >= 11 is 1.90. The zero-order valence-corrected chi connectivity index (χ0v) is 11.5. The summed E-state index contributed by atoms with van der Waals surface area (Å²) in [6, 6.07) is 0. The predicted molar refractivity (Wildman–Crippen MR) is 68.9 cm³/mol. The number of carbonyl (C=O) groups excluding carboxylic acids is 1. The first-order chi connectivity index (χ1) is 6.93. The second kappa shape index (κ2) is 5.30. The summed E-state index contributed by atoms with van der Waals surface area (Å²) in [7, 11) is 0. The van der Waals surface area contributed by atoms with E-state index < -0.39 is 0 Å². The maximum atomic E-state index is 11.5. The first kappa shape index (κ1) is 13.0. The van der Waals surface area contributed by atoms with E-state index in [0.29, 0.717) is 9.50 Å². The van der Waals surface area contributed by atoms with Crippen molar-refractivity contribution in [2.45, 2.75) is 32.3 Å². The Morgan fingerprint density at radius 1 is 1.47 bits per heavy atom. The average molecular weight is 323 g/mol. The number of rotatable bonds is 3. The van der Waals surface area contributed by atoms with Crippen molar-refractivity contribution in [2.75, 3.05) is 13.1 Å². The van der Waals surface area contributed by atoms with E-state index in [0.717, 1.165) is 25.9 Å². The van der Waals surface area contributed by atoms with Crippen LogP contribution in [0.2, 0.25) is 0 Å². The van der Waals surface area contributed by atoms with Crippen molar-refractivity contribution in [3.63, 3.8) is 0 Å². The first-order valence-corrected chi connectivity index (χ1v) is 6.30. The molecule has 1 fully saturated rings. The number of nitrogens with one attached hydrogen (secondary N) is 1. The van der Waals surface area contributed by atoms with Gasteiger partial charge in [0, 0.05) is 5.92 Å². The van der Waals surface area contributed by atoms with Crippen molar-refractivity contribution in [1.29, 1.82) is 0 Å². The van der Waals surface area contributed by atoms with E-state index in [1.54, 1.807) is 0 Å². The quantitative estimate of drug-likeness (QED) is 0.492. The molecule has 1 aliphatic rings. The first-order valence-electron chi connectivity index (χ1n) is 5.22. The van der Waals surface area contributed by atoms with Crippen LogP contribution < -0.4 is 5.32 Å². The monoisotopic (exact) mass is 323 g/mol. The molecule has 0 radical (unpaired) electrons. The molecule has 0 amide bonds. The lowest BCUT2D eigenvalue weighted by Gasteiger charge is -2.36. The molecule has 15 heavy (non-hydrogen) atoms. The van der Waals surface area contributed by atoms with Gasteiger partial charge in [-0.05, 0) is 62.4 Å². The number of hydrogen-bond donors (Lipinski definition) is 1. The van der Waals surface area contributed by atoms with E-state index in [9.17, 15) is 4.79 Å². The summed E-state index contributed by atoms with van der Waals surface area (Å²) in [6.07, 6.45) is 2.13. The maximum absolute atomic E-state index is 11.5. The Bertz CT molecular complexity index is 257. The highest BCUT2D eigenvalue weighted by atomic mass is 127. The molecule has 0 aromatic carbocycles. The highest BCUT2D eigenvalue weighted by Gasteiger charge is 2.34. The number of halogens is 1. The maximum Gasteiger partial charge on any atom is 0.344 e. The van der Waals surface area contributed by atoms with Crippen LogP contribution in [0.15, 0.2) is 10.2 Å². The van der Waals surface area contributed by atoms with E-state index >= 15 is 0 Å². The third-order valence-corrected chi connectivity index (χ3v) is 3.34. The molecule has 0 atom stereocenters. The van der Waals surface area contributed by atoms with Crippen LogP contribution in [0.5, 0.6) is 0 Å². The van der Waals surface area contributed by atoms with Gasteiger partial charge in [0.1, 0.15) is 5.60 Å². The normalized spacial score (nSPS) is 18.6. The standard InChI is InChI=1S/C11H18INO2/c1-8(12)10(14)15-11(2,3)9-4-6-13-7-5-9/h9,13H,1,4-7H2,2-3H3. The lowest BCUT2D eigenvalue weighted by Crippen LogP contribution is -2.42. The minimum absolute atomic E-state index is 0.292. The number of piperidine rings is 1. The van der Waals surface area contributed by atoms with E-state index in [2.05, 4.69) is 11.9 Å². The third kappa shape index (κ3) is 3.75. The SMILES string of the molecule is C=C(I)C(=O)OC(C)(C)C1CCNCC1. The van der Waals surface area contributed by atoms with Gasteiger partial charge in [-0.25, -0.2) is 4.79 Å². The summed E-state index contributed by atoms with van der Waals surface area (Å²) in [5, 5.41) is 3.30. The molecular weight excluding hydrogens is 305 g/mol. The molecule has 0 unspecified atom stereocenters. The second-order valence-electron chi connectivity index (χ2n) is 4.42. The Morgan fingerprint density at radius 3 is 2.47 bits per heavy atom. The lowest BCUT2D eigenvalue weighted by molar-refractivity contribution is -0.156. The van der Waals surface area contributed by atoms with Gasteiger partial charge in [0.05, 0.1) is 3.58 Å². The molecule has 0 aliphatic carbocycles. The molecule has 0 aromatic rings. The van der Waals surface area contributed by atoms with E-state index in [1.807, 2.05) is 36.4 Å². The van der Waals surface area contributed by atoms with Gasteiger partial charge in [-0.1, -0.05) is 6.58 Å². The molecule has 1 saturated heterocycles. The van der Waals surface area contributed by atoms with Crippen LogP contribution in [0, 0.1) is 5.92 Å². The smallest absolute Gasteiger partial charge is 0.344 e. The Kier molecular flexibility index (Phi) is 4.58. The molecule has 0 saturated carbocycles. The lowest BCUT2D eigenvalue weighted by atomic mass is 9.83. The van der Waals surface area contributed by atoms with Gasteiger partial charge in [-0.3, -0.25) is 0 Å². The highest BCUT2D eigenvalue weighted by molar-refractivity contribution is 14.1. The van der Waals surface area contributed by atoms with Crippen LogP contribution in [-0.2, 0) is 9.53 Å². The van der Waals surface area contributed by atoms with Crippen molar-refractivity contribution in [3.05, 3.63) is 10.2 Å². The van der Waals surface area contributed by atoms with Crippen molar-refractivity contribution in [3.8, 4) is 0 Å². The molecule has 0 spiro atoms. The fourth-order valence-corrected chi connectivity index (χ4v) is 2.00. The summed E-state index contributed by atoms with van der Waals surface area (Å²) in [4.78, 5) is 11.5. The van der Waals surface area contributed by atoms with Gasteiger partial charge in [0.2, 0.25) is 0 Å². The number of hydrogen-bond acceptors (Lipinski definition) is 3. The van der Waals surface area contributed by atoms with Gasteiger partial charge < -0.3 is 10.1 Å². The summed E-state index contributed by atoms with van der Waals surface area (Å²) in [6.45, 7) is 9.58. The molecule has 86 valence electrons. The summed E-state index contributed by atoms with van der Waals surface area (Å²) < 4.78 is 5.90. The van der Waals surface area contributed by atoms with Crippen LogP contribution in [0.3, 0.4) is 0 Å². The summed E-state index contributed by atoms with van der Waals surface area (Å²) in [5.41, 5.74) is -0.382. The zero-order valence-electron chi connectivity index (χ0n) is 9.31. The summed E-state index contributed by atoms with van der Waals surface area (Å²) in [5.74, 6) is 0.151. The molecule has 1 rings (SSSR count). The number of carbonyl (C=O) groups is 1. The van der Waals surface area contributed by atoms with Crippen LogP contribution in [0.1, 0.15) is 26.7 Å². The molecule has 1 aliphatic heterocycles. The van der Waals surface area contributed by atoms with Gasteiger partial charge in [0.15, 0.2) is 0 Å². The minimum Gasteiger partial charge on any atom is -0.455 e. The highest BCUT2D eigenvalue weighted by Crippen LogP contribution is 2.29. The molecule has 3 nitrogen and oxygen atoms in total. The van der Waals surface area contributed by atoms with Gasteiger partial charge in [0.25, 0.3) is 0 Å². The van der Waals surface area contributed by atoms with Crippen molar-refractivity contribution in [2.24, 2.45) is 5.92 Å². The largest absolute Gasteiger partial charge is 0.455 e. The van der Waals surface area contributed by atoms with Gasteiger partial charge in [-0.2, -0.15) is 0 Å². The fourth-order valence-electron chi connectivity index (χ4n) is 1.89.